The number of nitrogens with zero attached hydrogens (tertiary/aromatic N) is 2. The number of carbonyl (C=O) groups excluding carboxylic acids is 1. The van der Waals surface area contributed by atoms with Crippen LogP contribution in [0.1, 0.15) is 29.8 Å². The lowest BCUT2D eigenvalue weighted by molar-refractivity contribution is 0.101. The summed E-state index contributed by atoms with van der Waals surface area (Å²) in [7, 11) is 0. The smallest absolute Gasteiger partial charge is 0.408 e. The summed E-state index contributed by atoms with van der Waals surface area (Å²) in [5.41, 5.74) is 1.46. The molecule has 0 aliphatic carbocycles. The number of anilines is 1. The number of H-pyrrole nitrogens is 2. The molecule has 0 fully saturated rings. The Balaban J connectivity index is 1.79. The number of oxazole rings is 1. The molecule has 0 radical (unpaired) electrons. The van der Waals surface area contributed by atoms with Crippen molar-refractivity contribution in [2.45, 2.75) is 19.8 Å². The van der Waals surface area contributed by atoms with Gasteiger partial charge in [-0.3, -0.25) is 14.9 Å². The lowest BCUT2D eigenvalue weighted by Gasteiger charge is -2.01. The minimum Gasteiger partial charge on any atom is -0.408 e. The molecule has 0 bridgehead atoms. The number of aromatic nitrogens is 4. The first-order valence-corrected chi connectivity index (χ1v) is 6.51. The number of aryl methyl sites for hydroxylation is 1. The van der Waals surface area contributed by atoms with E-state index in [9.17, 15) is 9.59 Å². The summed E-state index contributed by atoms with van der Waals surface area (Å²) in [4.78, 5) is 29.7. The number of carbonyl (C=O) groups is 1. The Kier molecular flexibility index (Phi) is 3.27. The molecule has 21 heavy (non-hydrogen) atoms. The molecule has 108 valence electrons. The highest BCUT2D eigenvalue weighted by atomic mass is 16.4. The molecule has 0 spiro atoms. The van der Waals surface area contributed by atoms with Crippen molar-refractivity contribution >= 4 is 22.7 Å². The van der Waals surface area contributed by atoms with Gasteiger partial charge >= 0.3 is 5.76 Å². The summed E-state index contributed by atoms with van der Waals surface area (Å²) >= 11 is 0. The zero-order valence-electron chi connectivity index (χ0n) is 11.3. The van der Waals surface area contributed by atoms with E-state index in [0.717, 1.165) is 12.8 Å². The molecule has 0 atom stereocenters. The maximum absolute atomic E-state index is 12.0. The lowest BCUT2D eigenvalue weighted by atomic mass is 10.3. The van der Waals surface area contributed by atoms with Gasteiger partial charge in [0.2, 0.25) is 5.82 Å². The Morgan fingerprint density at radius 2 is 2.29 bits per heavy atom. The van der Waals surface area contributed by atoms with Gasteiger partial charge < -0.3 is 9.73 Å². The standard InChI is InChI=1S/C13H13N5O3/c1-2-3-10-16-11(18-17-10)12(19)14-7-4-5-9-8(6-7)15-13(20)21-9/h4-6H,2-3H2,1H3,(H,14,19)(H,15,20)(H,16,17,18). The highest BCUT2D eigenvalue weighted by Gasteiger charge is 2.13. The number of aromatic amines is 2. The lowest BCUT2D eigenvalue weighted by Crippen LogP contribution is -2.13. The predicted octanol–water partition coefficient (Wildman–Crippen LogP) is 1.44. The van der Waals surface area contributed by atoms with Gasteiger partial charge in [-0.2, -0.15) is 0 Å². The van der Waals surface area contributed by atoms with E-state index in [1.165, 1.54) is 0 Å². The summed E-state index contributed by atoms with van der Waals surface area (Å²) in [6.07, 6.45) is 1.66. The van der Waals surface area contributed by atoms with Gasteiger partial charge in [-0.05, 0) is 24.6 Å². The minimum absolute atomic E-state index is 0.0826. The Labute approximate surface area is 118 Å². The number of rotatable bonds is 4. The van der Waals surface area contributed by atoms with Crippen LogP contribution >= 0.6 is 0 Å². The maximum atomic E-state index is 12.0. The third-order valence-electron chi connectivity index (χ3n) is 2.90. The van der Waals surface area contributed by atoms with Gasteiger partial charge in [0, 0.05) is 12.1 Å². The first kappa shape index (κ1) is 13.1. The Morgan fingerprint density at radius 3 is 3.10 bits per heavy atom. The van der Waals surface area contributed by atoms with Crippen molar-refractivity contribution in [3.63, 3.8) is 0 Å². The fourth-order valence-electron chi connectivity index (χ4n) is 1.96. The quantitative estimate of drug-likeness (QED) is 0.671. The number of nitrogens with one attached hydrogen (secondary N) is 3. The van der Waals surface area contributed by atoms with Crippen LogP contribution in [0.15, 0.2) is 27.4 Å². The van der Waals surface area contributed by atoms with Crippen molar-refractivity contribution in [3.05, 3.63) is 40.4 Å². The van der Waals surface area contributed by atoms with Gasteiger partial charge in [-0.25, -0.2) is 9.78 Å². The van der Waals surface area contributed by atoms with Crippen LogP contribution in [0, 0.1) is 0 Å². The van der Waals surface area contributed by atoms with Gasteiger partial charge in [0.25, 0.3) is 5.91 Å². The van der Waals surface area contributed by atoms with Crippen LogP contribution in [-0.2, 0) is 6.42 Å². The molecule has 1 amide bonds. The normalized spacial score (nSPS) is 10.9. The molecule has 1 aromatic carbocycles. The molecule has 0 saturated carbocycles. The fourth-order valence-corrected chi connectivity index (χ4v) is 1.96. The zero-order chi connectivity index (χ0) is 14.8. The third kappa shape index (κ3) is 2.69. The highest BCUT2D eigenvalue weighted by Crippen LogP contribution is 2.16. The van der Waals surface area contributed by atoms with Crippen LogP contribution in [0.3, 0.4) is 0 Å². The second-order valence-electron chi connectivity index (χ2n) is 4.54. The maximum Gasteiger partial charge on any atom is 0.417 e. The molecule has 0 aliphatic heterocycles. The molecule has 0 aliphatic rings. The second-order valence-corrected chi connectivity index (χ2v) is 4.54. The average molecular weight is 287 g/mol. The van der Waals surface area contributed by atoms with Crippen LogP contribution in [0.5, 0.6) is 0 Å². The molecule has 8 heteroatoms. The summed E-state index contributed by atoms with van der Waals surface area (Å²) < 4.78 is 4.89. The van der Waals surface area contributed by atoms with E-state index in [4.69, 9.17) is 4.42 Å². The van der Waals surface area contributed by atoms with E-state index in [1.807, 2.05) is 6.92 Å². The van der Waals surface area contributed by atoms with E-state index < -0.39 is 11.7 Å². The van der Waals surface area contributed by atoms with Crippen molar-refractivity contribution in [3.8, 4) is 0 Å². The third-order valence-corrected chi connectivity index (χ3v) is 2.90. The molecular formula is C13H13N5O3. The van der Waals surface area contributed by atoms with Crippen LogP contribution in [0.4, 0.5) is 5.69 Å². The zero-order valence-corrected chi connectivity index (χ0v) is 11.3. The molecular weight excluding hydrogens is 274 g/mol. The molecule has 8 nitrogen and oxygen atoms in total. The number of hydrogen-bond donors (Lipinski definition) is 3. The van der Waals surface area contributed by atoms with Crippen molar-refractivity contribution in [1.82, 2.24) is 20.2 Å². The highest BCUT2D eigenvalue weighted by molar-refractivity contribution is 6.02. The molecule has 2 aromatic heterocycles. The summed E-state index contributed by atoms with van der Waals surface area (Å²) in [6, 6.07) is 4.84. The van der Waals surface area contributed by atoms with Gasteiger partial charge in [0.15, 0.2) is 5.58 Å². The first-order valence-electron chi connectivity index (χ1n) is 6.51. The summed E-state index contributed by atoms with van der Waals surface area (Å²) in [5, 5.41) is 9.26. The second kappa shape index (κ2) is 5.23. The van der Waals surface area contributed by atoms with Crippen LogP contribution in [0.2, 0.25) is 0 Å². The monoisotopic (exact) mass is 287 g/mol. The number of amides is 1. The fraction of sp³-hybridized carbons (Fsp3) is 0.231. The van der Waals surface area contributed by atoms with E-state index in [1.54, 1.807) is 18.2 Å². The number of hydrogen-bond acceptors (Lipinski definition) is 5. The summed E-state index contributed by atoms with van der Waals surface area (Å²) in [6.45, 7) is 2.02. The van der Waals surface area contributed by atoms with Gasteiger partial charge in [-0.1, -0.05) is 6.92 Å². The predicted molar refractivity (Wildman–Crippen MR) is 75.2 cm³/mol. The van der Waals surface area contributed by atoms with E-state index >= 15 is 0 Å². The van der Waals surface area contributed by atoms with Crippen molar-refractivity contribution in [2.24, 2.45) is 0 Å². The number of fused-ring (bicyclic) bond motifs is 1. The van der Waals surface area contributed by atoms with Crippen LogP contribution < -0.4 is 11.1 Å². The largest absolute Gasteiger partial charge is 0.417 e. The Hall–Kier alpha value is -2.90. The molecule has 2 heterocycles. The minimum atomic E-state index is -0.536. The first-order chi connectivity index (χ1) is 10.2. The van der Waals surface area contributed by atoms with Gasteiger partial charge in [0.05, 0.1) is 5.52 Å². The van der Waals surface area contributed by atoms with Crippen molar-refractivity contribution < 1.29 is 9.21 Å². The summed E-state index contributed by atoms with van der Waals surface area (Å²) in [5.74, 6) is -0.193. The van der Waals surface area contributed by atoms with Crippen molar-refractivity contribution in [1.29, 1.82) is 0 Å². The van der Waals surface area contributed by atoms with Crippen LogP contribution in [0.25, 0.3) is 11.1 Å². The van der Waals surface area contributed by atoms with Crippen LogP contribution in [-0.4, -0.2) is 26.1 Å². The van der Waals surface area contributed by atoms with Gasteiger partial charge in [-0.15, -0.1) is 5.10 Å². The Bertz CT molecular complexity index is 845. The molecule has 3 aromatic rings. The molecule has 3 N–H and O–H groups in total. The van der Waals surface area contributed by atoms with E-state index in [2.05, 4.69) is 25.5 Å². The molecule has 3 rings (SSSR count). The van der Waals surface area contributed by atoms with E-state index in [-0.39, 0.29) is 5.82 Å². The van der Waals surface area contributed by atoms with E-state index in [0.29, 0.717) is 22.6 Å². The molecule has 0 unspecified atom stereocenters. The average Bonchev–Trinajstić information content (AvgIpc) is 3.04. The Morgan fingerprint density at radius 1 is 1.43 bits per heavy atom. The molecule has 0 saturated heterocycles. The van der Waals surface area contributed by atoms with Crippen molar-refractivity contribution in [2.75, 3.05) is 5.32 Å². The topological polar surface area (TPSA) is 117 Å². The number of benzene rings is 1. The van der Waals surface area contributed by atoms with Gasteiger partial charge in [0.1, 0.15) is 5.82 Å². The SMILES string of the molecule is CCCc1nc(C(=O)Nc2ccc3oc(=O)[nH]c3c2)n[nH]1.